The summed E-state index contributed by atoms with van der Waals surface area (Å²) in [5.41, 5.74) is 7.95. The molecule has 1 aliphatic carbocycles. The molecular formula is C16H26N2. The molecule has 0 radical (unpaired) electrons. The number of nitrogen functional groups attached to an aromatic ring is 1. The van der Waals surface area contributed by atoms with Crippen molar-refractivity contribution in [3.8, 4) is 0 Å². The average Bonchev–Trinajstić information content (AvgIpc) is 2.42. The highest BCUT2D eigenvalue weighted by Gasteiger charge is 2.25. The summed E-state index contributed by atoms with van der Waals surface area (Å²) in [6.45, 7) is 5.67. The van der Waals surface area contributed by atoms with Crippen LogP contribution in [0.15, 0.2) is 24.3 Å². The summed E-state index contributed by atoms with van der Waals surface area (Å²) in [4.78, 5) is 2.56. The van der Waals surface area contributed by atoms with E-state index in [1.165, 1.54) is 37.8 Å². The van der Waals surface area contributed by atoms with E-state index in [-0.39, 0.29) is 0 Å². The summed E-state index contributed by atoms with van der Waals surface area (Å²) in [5.74, 6) is 0.923. The standard InChI is InChI=1S/C16H26N2/c1-3-13-6-5-7-16(12-13)18(4-2)15-10-8-14(17)9-11-15/h8-11,13,16H,3-7,12,17H2,1-2H3. The average molecular weight is 246 g/mol. The second kappa shape index (κ2) is 6.12. The van der Waals surface area contributed by atoms with Crippen molar-refractivity contribution in [2.75, 3.05) is 17.2 Å². The Morgan fingerprint density at radius 3 is 2.50 bits per heavy atom. The smallest absolute Gasteiger partial charge is 0.0370 e. The van der Waals surface area contributed by atoms with Gasteiger partial charge in [-0.25, -0.2) is 0 Å². The Morgan fingerprint density at radius 2 is 1.89 bits per heavy atom. The molecule has 0 heterocycles. The summed E-state index contributed by atoms with van der Waals surface area (Å²) in [7, 11) is 0. The van der Waals surface area contributed by atoms with Gasteiger partial charge >= 0.3 is 0 Å². The molecule has 1 aromatic rings. The predicted octanol–water partition coefficient (Wildman–Crippen LogP) is 4.06. The monoisotopic (exact) mass is 246 g/mol. The van der Waals surface area contributed by atoms with Gasteiger partial charge < -0.3 is 10.6 Å². The normalized spacial score (nSPS) is 23.9. The Balaban J connectivity index is 2.10. The van der Waals surface area contributed by atoms with Gasteiger partial charge in [0.15, 0.2) is 0 Å². The lowest BCUT2D eigenvalue weighted by Crippen LogP contribution is -2.38. The van der Waals surface area contributed by atoms with Crippen molar-refractivity contribution in [3.63, 3.8) is 0 Å². The second-order valence-electron chi connectivity index (χ2n) is 5.47. The summed E-state index contributed by atoms with van der Waals surface area (Å²) in [6, 6.07) is 9.07. The van der Waals surface area contributed by atoms with E-state index in [4.69, 9.17) is 5.73 Å². The SMILES string of the molecule is CCC1CCCC(N(CC)c2ccc(N)cc2)C1. The molecular weight excluding hydrogens is 220 g/mol. The number of nitrogens with two attached hydrogens (primary N) is 1. The molecule has 2 unspecified atom stereocenters. The van der Waals surface area contributed by atoms with Gasteiger partial charge in [0.2, 0.25) is 0 Å². The molecule has 0 aromatic heterocycles. The van der Waals surface area contributed by atoms with Gasteiger partial charge in [0.25, 0.3) is 0 Å². The number of rotatable bonds is 4. The van der Waals surface area contributed by atoms with Gasteiger partial charge in [-0.05, 0) is 49.9 Å². The third kappa shape index (κ3) is 2.98. The lowest BCUT2D eigenvalue weighted by Gasteiger charge is -2.38. The second-order valence-corrected chi connectivity index (χ2v) is 5.47. The van der Waals surface area contributed by atoms with Gasteiger partial charge in [0, 0.05) is 24.0 Å². The van der Waals surface area contributed by atoms with Crippen LogP contribution in [0.2, 0.25) is 0 Å². The first-order valence-corrected chi connectivity index (χ1v) is 7.36. The van der Waals surface area contributed by atoms with Crippen molar-refractivity contribution < 1.29 is 0 Å². The fraction of sp³-hybridized carbons (Fsp3) is 0.625. The lowest BCUT2D eigenvalue weighted by molar-refractivity contribution is 0.304. The lowest BCUT2D eigenvalue weighted by atomic mass is 9.83. The summed E-state index contributed by atoms with van der Waals surface area (Å²) in [6.07, 6.45) is 6.83. The molecule has 0 bridgehead atoms. The third-order valence-electron chi connectivity index (χ3n) is 4.34. The highest BCUT2D eigenvalue weighted by Crippen LogP contribution is 2.32. The van der Waals surface area contributed by atoms with Gasteiger partial charge in [0.05, 0.1) is 0 Å². The number of anilines is 2. The van der Waals surface area contributed by atoms with Crippen molar-refractivity contribution in [1.82, 2.24) is 0 Å². The summed E-state index contributed by atoms with van der Waals surface area (Å²) < 4.78 is 0. The van der Waals surface area contributed by atoms with E-state index in [1.54, 1.807) is 0 Å². The van der Waals surface area contributed by atoms with Crippen molar-refractivity contribution in [1.29, 1.82) is 0 Å². The fourth-order valence-electron chi connectivity index (χ4n) is 3.23. The molecule has 2 rings (SSSR count). The predicted molar refractivity (Wildman–Crippen MR) is 79.9 cm³/mol. The van der Waals surface area contributed by atoms with E-state index >= 15 is 0 Å². The maximum atomic E-state index is 5.77. The number of benzene rings is 1. The number of hydrogen-bond donors (Lipinski definition) is 1. The van der Waals surface area contributed by atoms with E-state index < -0.39 is 0 Å². The van der Waals surface area contributed by atoms with Crippen molar-refractivity contribution in [2.45, 2.75) is 52.0 Å². The van der Waals surface area contributed by atoms with Crippen LogP contribution in [0.4, 0.5) is 11.4 Å². The van der Waals surface area contributed by atoms with E-state index in [1.807, 2.05) is 12.1 Å². The quantitative estimate of drug-likeness (QED) is 0.812. The van der Waals surface area contributed by atoms with Gasteiger partial charge in [0.1, 0.15) is 0 Å². The van der Waals surface area contributed by atoms with Crippen molar-refractivity contribution >= 4 is 11.4 Å². The molecule has 100 valence electrons. The zero-order valence-corrected chi connectivity index (χ0v) is 11.7. The molecule has 2 heteroatoms. The van der Waals surface area contributed by atoms with Crippen LogP contribution < -0.4 is 10.6 Å². The molecule has 2 atom stereocenters. The minimum absolute atomic E-state index is 0.720. The highest BCUT2D eigenvalue weighted by atomic mass is 15.2. The van der Waals surface area contributed by atoms with Crippen LogP contribution in [0.3, 0.4) is 0 Å². The van der Waals surface area contributed by atoms with E-state index in [0.29, 0.717) is 0 Å². The Labute approximate surface area is 111 Å². The molecule has 1 saturated carbocycles. The first kappa shape index (κ1) is 13.3. The number of hydrogen-bond acceptors (Lipinski definition) is 2. The first-order chi connectivity index (χ1) is 8.74. The molecule has 1 aliphatic rings. The molecule has 0 saturated heterocycles. The van der Waals surface area contributed by atoms with E-state index in [9.17, 15) is 0 Å². The third-order valence-corrected chi connectivity index (χ3v) is 4.34. The van der Waals surface area contributed by atoms with E-state index in [0.717, 1.165) is 24.2 Å². The molecule has 1 fully saturated rings. The fourth-order valence-corrected chi connectivity index (χ4v) is 3.23. The molecule has 0 spiro atoms. The molecule has 2 nitrogen and oxygen atoms in total. The minimum Gasteiger partial charge on any atom is -0.399 e. The number of nitrogens with zero attached hydrogens (tertiary/aromatic N) is 1. The zero-order valence-electron chi connectivity index (χ0n) is 11.7. The molecule has 1 aromatic carbocycles. The largest absolute Gasteiger partial charge is 0.399 e. The topological polar surface area (TPSA) is 29.3 Å². The molecule has 0 aliphatic heterocycles. The van der Waals surface area contributed by atoms with Crippen LogP contribution in [0, 0.1) is 5.92 Å². The van der Waals surface area contributed by atoms with Crippen LogP contribution in [-0.4, -0.2) is 12.6 Å². The van der Waals surface area contributed by atoms with Crippen LogP contribution in [0.5, 0.6) is 0 Å². The maximum Gasteiger partial charge on any atom is 0.0370 e. The Morgan fingerprint density at radius 1 is 1.17 bits per heavy atom. The zero-order chi connectivity index (χ0) is 13.0. The first-order valence-electron chi connectivity index (χ1n) is 7.36. The maximum absolute atomic E-state index is 5.77. The minimum atomic E-state index is 0.720. The van der Waals surface area contributed by atoms with Crippen molar-refractivity contribution in [2.24, 2.45) is 5.92 Å². The van der Waals surface area contributed by atoms with E-state index in [2.05, 4.69) is 30.9 Å². The van der Waals surface area contributed by atoms with Gasteiger partial charge in [-0.2, -0.15) is 0 Å². The van der Waals surface area contributed by atoms with Crippen LogP contribution in [-0.2, 0) is 0 Å². The Hall–Kier alpha value is -1.18. The van der Waals surface area contributed by atoms with Gasteiger partial charge in [-0.3, -0.25) is 0 Å². The molecule has 18 heavy (non-hydrogen) atoms. The Bertz CT molecular complexity index is 358. The summed E-state index contributed by atoms with van der Waals surface area (Å²) in [5, 5.41) is 0. The highest BCUT2D eigenvalue weighted by molar-refractivity contribution is 5.53. The van der Waals surface area contributed by atoms with Crippen LogP contribution in [0.1, 0.15) is 46.0 Å². The van der Waals surface area contributed by atoms with Crippen molar-refractivity contribution in [3.05, 3.63) is 24.3 Å². The Kier molecular flexibility index (Phi) is 4.51. The molecule has 0 amide bonds. The van der Waals surface area contributed by atoms with Gasteiger partial charge in [-0.15, -0.1) is 0 Å². The van der Waals surface area contributed by atoms with Crippen LogP contribution in [0.25, 0.3) is 0 Å². The molecule has 2 N–H and O–H groups in total. The van der Waals surface area contributed by atoms with Gasteiger partial charge in [-0.1, -0.05) is 26.2 Å². The summed E-state index contributed by atoms with van der Waals surface area (Å²) >= 11 is 0. The van der Waals surface area contributed by atoms with Crippen LogP contribution >= 0.6 is 0 Å².